The van der Waals surface area contributed by atoms with Crippen molar-refractivity contribution in [3.8, 4) is 0 Å². The smallest absolute Gasteiger partial charge is 0.253 e. The van der Waals surface area contributed by atoms with E-state index in [0.29, 0.717) is 12.1 Å². The summed E-state index contributed by atoms with van der Waals surface area (Å²) >= 11 is 0. The van der Waals surface area contributed by atoms with Crippen LogP contribution in [0.25, 0.3) is 0 Å². The lowest BCUT2D eigenvalue weighted by Crippen LogP contribution is -2.70. The van der Waals surface area contributed by atoms with Gasteiger partial charge in [0.25, 0.3) is 5.91 Å². The second-order valence-electron chi connectivity index (χ2n) is 5.64. The Morgan fingerprint density at radius 2 is 1.95 bits per heavy atom. The number of piperazine rings is 1. The van der Waals surface area contributed by atoms with E-state index in [2.05, 4.69) is 15.3 Å². The molecule has 108 valence electrons. The topological polar surface area (TPSA) is 75.2 Å². The number of nitrogens with one attached hydrogen (secondary N) is 1. The van der Waals surface area contributed by atoms with Gasteiger partial charge in [-0.3, -0.25) is 14.5 Å². The molecule has 2 rings (SSSR count). The van der Waals surface area contributed by atoms with E-state index < -0.39 is 11.6 Å². The van der Waals surface area contributed by atoms with E-state index in [4.69, 9.17) is 0 Å². The van der Waals surface area contributed by atoms with E-state index in [9.17, 15) is 9.59 Å². The minimum absolute atomic E-state index is 0.000521. The number of hydrogen-bond acceptors (Lipinski definition) is 4. The van der Waals surface area contributed by atoms with Gasteiger partial charge in [0.05, 0.1) is 18.1 Å². The summed E-state index contributed by atoms with van der Waals surface area (Å²) in [5.41, 5.74) is -0.316. The number of carbonyl (C=O) groups excluding carboxylic acids is 2. The molecule has 1 N–H and O–H groups in total. The fourth-order valence-corrected chi connectivity index (χ4v) is 2.44. The molecule has 0 aromatic carbocycles. The zero-order valence-corrected chi connectivity index (χ0v) is 12.3. The normalized spacial score (nSPS) is 26.9. The Hall–Kier alpha value is -1.98. The average Bonchev–Trinajstić information content (AvgIpc) is 2.43. The largest absolute Gasteiger partial charge is 0.340 e. The number of nitrogens with zero attached hydrogens (tertiary/aromatic N) is 3. The lowest BCUT2D eigenvalue weighted by molar-refractivity contribution is -0.138. The molecule has 20 heavy (non-hydrogen) atoms. The summed E-state index contributed by atoms with van der Waals surface area (Å²) in [5.74, 6) is -0.249. The Labute approximate surface area is 118 Å². The van der Waals surface area contributed by atoms with Crippen molar-refractivity contribution >= 4 is 17.5 Å². The van der Waals surface area contributed by atoms with Gasteiger partial charge in [-0.15, -0.1) is 0 Å². The van der Waals surface area contributed by atoms with Gasteiger partial charge in [0, 0.05) is 0 Å². The molecule has 0 aliphatic carbocycles. The van der Waals surface area contributed by atoms with E-state index in [0.717, 1.165) is 0 Å². The minimum atomic E-state index is -0.877. The van der Waals surface area contributed by atoms with Crippen molar-refractivity contribution in [2.45, 2.75) is 45.7 Å². The van der Waals surface area contributed by atoms with Gasteiger partial charge in [0.2, 0.25) is 5.91 Å². The number of anilines is 1. The van der Waals surface area contributed by atoms with E-state index in [-0.39, 0.29) is 17.7 Å². The summed E-state index contributed by atoms with van der Waals surface area (Å²) in [6, 6.07) is -0.534. The van der Waals surface area contributed by atoms with Crippen molar-refractivity contribution in [1.29, 1.82) is 0 Å². The van der Waals surface area contributed by atoms with Crippen LogP contribution < -0.4 is 10.2 Å². The van der Waals surface area contributed by atoms with Crippen molar-refractivity contribution in [1.82, 2.24) is 15.3 Å². The van der Waals surface area contributed by atoms with Crippen molar-refractivity contribution in [2.75, 3.05) is 4.90 Å². The third kappa shape index (κ3) is 2.26. The van der Waals surface area contributed by atoms with Gasteiger partial charge in [0.15, 0.2) is 0 Å². The standard InChI is InChI=1S/C14H20N4O2/c1-5-14(4)13(20)18(10-6-15-8-16-7-10)11(9(2)3)12(19)17-14/h6-9,11H,5H2,1-4H3,(H,17,19). The monoisotopic (exact) mass is 276 g/mol. The zero-order valence-electron chi connectivity index (χ0n) is 12.3. The van der Waals surface area contributed by atoms with E-state index >= 15 is 0 Å². The molecule has 2 heterocycles. The fourth-order valence-electron chi connectivity index (χ4n) is 2.44. The third-order valence-corrected chi connectivity index (χ3v) is 3.80. The molecule has 6 nitrogen and oxygen atoms in total. The van der Waals surface area contributed by atoms with Crippen LogP contribution in [0.5, 0.6) is 0 Å². The first-order valence-electron chi connectivity index (χ1n) is 6.81. The van der Waals surface area contributed by atoms with Crippen molar-refractivity contribution in [3.05, 3.63) is 18.7 Å². The highest BCUT2D eigenvalue weighted by Crippen LogP contribution is 2.29. The molecule has 1 aromatic rings. The molecule has 0 saturated carbocycles. The minimum Gasteiger partial charge on any atom is -0.340 e. The molecular weight excluding hydrogens is 256 g/mol. The molecule has 1 aliphatic rings. The highest BCUT2D eigenvalue weighted by atomic mass is 16.2. The molecule has 0 radical (unpaired) electrons. The van der Waals surface area contributed by atoms with Crippen molar-refractivity contribution < 1.29 is 9.59 Å². The summed E-state index contributed by atoms with van der Waals surface area (Å²) < 4.78 is 0. The van der Waals surface area contributed by atoms with Gasteiger partial charge >= 0.3 is 0 Å². The van der Waals surface area contributed by atoms with Crippen LogP contribution in [0.15, 0.2) is 18.7 Å². The van der Waals surface area contributed by atoms with Crippen LogP contribution in [-0.2, 0) is 9.59 Å². The zero-order chi connectivity index (χ0) is 14.9. The predicted molar refractivity (Wildman–Crippen MR) is 75.0 cm³/mol. The van der Waals surface area contributed by atoms with E-state index in [1.54, 1.807) is 19.3 Å². The van der Waals surface area contributed by atoms with Gasteiger partial charge in [0.1, 0.15) is 17.9 Å². The summed E-state index contributed by atoms with van der Waals surface area (Å²) in [7, 11) is 0. The Bertz CT molecular complexity index is 517. The summed E-state index contributed by atoms with van der Waals surface area (Å²) in [6.45, 7) is 7.47. The number of rotatable bonds is 3. The molecule has 2 amide bonds. The van der Waals surface area contributed by atoms with Gasteiger partial charge in [-0.1, -0.05) is 20.8 Å². The molecule has 0 spiro atoms. The molecule has 6 heteroatoms. The average molecular weight is 276 g/mol. The Morgan fingerprint density at radius 1 is 1.35 bits per heavy atom. The Balaban J connectivity index is 2.50. The first kappa shape index (κ1) is 14.4. The highest BCUT2D eigenvalue weighted by molar-refractivity contribution is 6.10. The first-order valence-corrected chi connectivity index (χ1v) is 6.81. The van der Waals surface area contributed by atoms with Crippen molar-refractivity contribution in [2.24, 2.45) is 5.92 Å². The SMILES string of the molecule is CCC1(C)NC(=O)C(C(C)C)N(c2cncnc2)C1=O. The molecule has 1 aromatic heterocycles. The molecule has 1 aliphatic heterocycles. The number of amides is 2. The Kier molecular flexibility index (Phi) is 3.74. The third-order valence-electron chi connectivity index (χ3n) is 3.80. The van der Waals surface area contributed by atoms with Gasteiger partial charge < -0.3 is 5.32 Å². The summed E-state index contributed by atoms with van der Waals surface area (Å²) in [5, 5.41) is 2.85. The molecule has 0 bridgehead atoms. The molecule has 1 saturated heterocycles. The second kappa shape index (κ2) is 5.19. The van der Waals surface area contributed by atoms with Crippen LogP contribution in [0.3, 0.4) is 0 Å². The maximum atomic E-state index is 12.8. The maximum absolute atomic E-state index is 12.8. The van der Waals surface area contributed by atoms with Crippen LogP contribution in [0.1, 0.15) is 34.1 Å². The van der Waals surface area contributed by atoms with E-state index in [1.807, 2.05) is 20.8 Å². The first-order chi connectivity index (χ1) is 9.40. The van der Waals surface area contributed by atoms with Crippen molar-refractivity contribution in [3.63, 3.8) is 0 Å². The number of hydrogen-bond donors (Lipinski definition) is 1. The molecule has 1 fully saturated rings. The van der Waals surface area contributed by atoms with E-state index in [1.165, 1.54) is 11.2 Å². The molecule has 2 unspecified atom stereocenters. The highest BCUT2D eigenvalue weighted by Gasteiger charge is 2.48. The summed E-state index contributed by atoms with van der Waals surface area (Å²) in [6.07, 6.45) is 5.07. The number of aromatic nitrogens is 2. The lowest BCUT2D eigenvalue weighted by atomic mass is 9.88. The van der Waals surface area contributed by atoms with Gasteiger partial charge in [-0.05, 0) is 19.3 Å². The van der Waals surface area contributed by atoms with Crippen LogP contribution >= 0.6 is 0 Å². The van der Waals surface area contributed by atoms with Gasteiger partial charge in [-0.25, -0.2) is 9.97 Å². The predicted octanol–water partition coefficient (Wildman–Crippen LogP) is 1.13. The number of carbonyl (C=O) groups is 2. The second-order valence-corrected chi connectivity index (χ2v) is 5.64. The Morgan fingerprint density at radius 3 is 2.45 bits per heavy atom. The molecular formula is C14H20N4O2. The lowest BCUT2D eigenvalue weighted by Gasteiger charge is -2.45. The summed E-state index contributed by atoms with van der Waals surface area (Å²) in [4.78, 5) is 34.6. The van der Waals surface area contributed by atoms with Crippen LogP contribution in [0.4, 0.5) is 5.69 Å². The van der Waals surface area contributed by atoms with Crippen LogP contribution in [0, 0.1) is 5.92 Å². The maximum Gasteiger partial charge on any atom is 0.253 e. The molecule has 2 atom stereocenters. The van der Waals surface area contributed by atoms with Crippen LogP contribution in [0.2, 0.25) is 0 Å². The quantitative estimate of drug-likeness (QED) is 0.898. The van der Waals surface area contributed by atoms with Crippen LogP contribution in [-0.4, -0.2) is 33.4 Å². The van der Waals surface area contributed by atoms with Gasteiger partial charge in [-0.2, -0.15) is 0 Å². The fraction of sp³-hybridized carbons (Fsp3) is 0.571.